The van der Waals surface area contributed by atoms with Crippen molar-refractivity contribution in [1.29, 1.82) is 0 Å². The highest BCUT2D eigenvalue weighted by Gasteiger charge is 2.27. The van der Waals surface area contributed by atoms with Gasteiger partial charge in [-0.3, -0.25) is 4.79 Å². The standard InChI is InChI=1S/C33H25I4NO7/c1-38(2)18-11-9-17(10-12-18)32(41)43-13-5-6-14-44-33(42)20-8-4-3-7-19(20)25-21-15-23(34)28(39)26(36)30(21)45-31-22(25)16-24(35)29(40)27(31)37/h3-4,7-12,15-16,39H,5-6,13-14H2,1-2H3. The van der Waals surface area contributed by atoms with Crippen LogP contribution in [0.3, 0.4) is 0 Å². The second-order valence-corrected chi connectivity index (χ2v) is 14.7. The zero-order valence-corrected chi connectivity index (χ0v) is 32.6. The minimum absolute atomic E-state index is 0.0845. The van der Waals surface area contributed by atoms with E-state index in [2.05, 4.69) is 22.6 Å². The summed E-state index contributed by atoms with van der Waals surface area (Å²) in [5.41, 5.74) is 4.08. The SMILES string of the molecule is CN(C)c1ccc(C(=O)OCCCCOC(=O)c2ccccc2-c2c3cc(I)c(=O)c(I)c-3oc3c(I)c(O)c(I)cc23)cc1. The van der Waals surface area contributed by atoms with Crippen LogP contribution in [-0.2, 0) is 9.47 Å². The van der Waals surface area contributed by atoms with Gasteiger partial charge in [0.2, 0.25) is 5.43 Å². The lowest BCUT2D eigenvalue weighted by Gasteiger charge is -2.20. The summed E-state index contributed by atoms with van der Waals surface area (Å²) in [7, 11) is 3.86. The number of halogens is 4. The van der Waals surface area contributed by atoms with Gasteiger partial charge >= 0.3 is 11.9 Å². The van der Waals surface area contributed by atoms with E-state index in [1.807, 2.05) is 117 Å². The van der Waals surface area contributed by atoms with Gasteiger partial charge in [0.05, 0.1) is 35.1 Å². The third-order valence-corrected chi connectivity index (χ3v) is 10.7. The van der Waals surface area contributed by atoms with Crippen LogP contribution in [0.1, 0.15) is 33.6 Å². The Morgan fingerprint density at radius 3 is 2.13 bits per heavy atom. The summed E-state index contributed by atoms with van der Waals surface area (Å²) >= 11 is 8.09. The molecular formula is C33H25I4NO7. The molecule has 3 aromatic rings. The van der Waals surface area contributed by atoms with Crippen LogP contribution in [0.4, 0.5) is 5.69 Å². The predicted octanol–water partition coefficient (Wildman–Crippen LogP) is 8.55. The number of anilines is 1. The van der Waals surface area contributed by atoms with Gasteiger partial charge in [0.1, 0.15) is 9.32 Å². The molecule has 1 aliphatic heterocycles. The second kappa shape index (κ2) is 14.7. The highest BCUT2D eigenvalue weighted by atomic mass is 127. The van der Waals surface area contributed by atoms with Crippen molar-refractivity contribution >= 4 is 119 Å². The van der Waals surface area contributed by atoms with Crippen LogP contribution in [0, 0.1) is 14.3 Å². The van der Waals surface area contributed by atoms with Gasteiger partial charge in [0.15, 0.2) is 11.3 Å². The fraction of sp³-hybridized carbons (Fsp3) is 0.182. The summed E-state index contributed by atoms with van der Waals surface area (Å²) in [6.07, 6.45) is 1.04. The zero-order chi connectivity index (χ0) is 32.4. The number of hydrogen-bond donors (Lipinski definition) is 1. The monoisotopic (exact) mass is 1050 g/mol. The predicted molar refractivity (Wildman–Crippen MR) is 208 cm³/mol. The van der Waals surface area contributed by atoms with Gasteiger partial charge in [-0.15, -0.1) is 0 Å². The summed E-state index contributed by atoms with van der Waals surface area (Å²) in [5, 5.41) is 11.4. The third-order valence-electron chi connectivity index (χ3n) is 7.06. The summed E-state index contributed by atoms with van der Waals surface area (Å²) in [6, 6.07) is 17.9. The van der Waals surface area contributed by atoms with Crippen LogP contribution in [0.2, 0.25) is 0 Å². The molecule has 5 rings (SSSR count). The van der Waals surface area contributed by atoms with Crippen molar-refractivity contribution in [2.75, 3.05) is 32.2 Å². The van der Waals surface area contributed by atoms with E-state index in [0.29, 0.717) is 71.7 Å². The van der Waals surface area contributed by atoms with Gasteiger partial charge < -0.3 is 23.9 Å². The number of rotatable bonds is 9. The maximum atomic E-state index is 13.5. The van der Waals surface area contributed by atoms with Crippen molar-refractivity contribution < 1.29 is 28.6 Å². The van der Waals surface area contributed by atoms with E-state index < -0.39 is 11.9 Å². The molecule has 0 atom stereocenters. The lowest BCUT2D eigenvalue weighted by atomic mass is 9.91. The van der Waals surface area contributed by atoms with Crippen molar-refractivity contribution in [3.63, 3.8) is 0 Å². The van der Waals surface area contributed by atoms with Crippen LogP contribution in [-0.4, -0.2) is 44.4 Å². The third kappa shape index (κ3) is 7.22. The maximum absolute atomic E-state index is 13.5. The fourth-order valence-corrected chi connectivity index (χ4v) is 8.33. The molecule has 0 fully saturated rings. The number of esters is 2. The Morgan fingerprint density at radius 1 is 0.822 bits per heavy atom. The number of nitrogens with zero attached hydrogens (tertiary/aromatic N) is 1. The average molecular weight is 1060 g/mol. The molecule has 1 aliphatic carbocycles. The lowest BCUT2D eigenvalue weighted by Crippen LogP contribution is -2.13. The number of fused-ring (bicyclic) bond motifs is 2. The number of aromatic hydroxyl groups is 1. The molecule has 0 bridgehead atoms. The Kier molecular flexibility index (Phi) is 11.2. The molecule has 0 amide bonds. The summed E-state index contributed by atoms with van der Waals surface area (Å²) in [4.78, 5) is 40.6. The van der Waals surface area contributed by atoms with Gasteiger partial charge in [-0.2, -0.15) is 0 Å². The van der Waals surface area contributed by atoms with E-state index in [1.165, 1.54) is 0 Å². The molecule has 12 heteroatoms. The zero-order valence-electron chi connectivity index (χ0n) is 24.0. The molecule has 1 heterocycles. The fourth-order valence-electron chi connectivity index (χ4n) is 4.75. The maximum Gasteiger partial charge on any atom is 0.338 e. The minimum Gasteiger partial charge on any atom is -0.506 e. The molecule has 8 nitrogen and oxygen atoms in total. The van der Waals surface area contributed by atoms with E-state index >= 15 is 0 Å². The van der Waals surface area contributed by atoms with Crippen molar-refractivity contribution in [3.05, 3.63) is 96.3 Å². The number of carbonyl (C=O) groups is 2. The van der Waals surface area contributed by atoms with E-state index in [0.717, 1.165) is 5.69 Å². The molecule has 0 aromatic heterocycles. The van der Waals surface area contributed by atoms with Gasteiger partial charge in [-0.05, 0) is 151 Å². The molecule has 0 spiro atoms. The van der Waals surface area contributed by atoms with Gasteiger partial charge in [0, 0.05) is 36.3 Å². The first kappa shape index (κ1) is 34.2. The first-order valence-electron chi connectivity index (χ1n) is 13.7. The molecule has 0 saturated carbocycles. The quantitative estimate of drug-likeness (QED) is 0.0679. The van der Waals surface area contributed by atoms with Gasteiger partial charge in [-0.25, -0.2) is 9.59 Å². The number of carbonyl (C=O) groups excluding carboxylic acids is 2. The number of unbranched alkanes of at least 4 members (excludes halogenated alkanes) is 1. The van der Waals surface area contributed by atoms with Gasteiger partial charge in [-0.1, -0.05) is 18.2 Å². The largest absolute Gasteiger partial charge is 0.506 e. The molecule has 0 saturated heterocycles. The Morgan fingerprint density at radius 2 is 1.47 bits per heavy atom. The summed E-state index contributed by atoms with van der Waals surface area (Å²) < 4.78 is 19.4. The van der Waals surface area contributed by atoms with Gasteiger partial charge in [0.25, 0.3) is 0 Å². The summed E-state index contributed by atoms with van der Waals surface area (Å²) in [6.45, 7) is 0.351. The Labute approximate surface area is 313 Å². The lowest BCUT2D eigenvalue weighted by molar-refractivity contribution is 0.0433. The Bertz CT molecular complexity index is 1950. The number of phenolic OH excluding ortho intramolecular Hbond substituents is 1. The van der Waals surface area contributed by atoms with Crippen LogP contribution >= 0.6 is 90.4 Å². The van der Waals surface area contributed by atoms with Crippen molar-refractivity contribution in [1.82, 2.24) is 0 Å². The summed E-state index contributed by atoms with van der Waals surface area (Å²) in [5.74, 6) is -0.431. The minimum atomic E-state index is -0.501. The topological polar surface area (TPSA) is 106 Å². The van der Waals surface area contributed by atoms with Crippen LogP contribution in [0.25, 0.3) is 33.4 Å². The molecule has 0 radical (unpaired) electrons. The molecule has 3 aromatic carbocycles. The van der Waals surface area contributed by atoms with Crippen LogP contribution in [0.5, 0.6) is 5.75 Å². The average Bonchev–Trinajstić information content (AvgIpc) is 3.03. The second-order valence-electron chi connectivity index (χ2n) is 10.2. The Balaban J connectivity index is 1.36. The van der Waals surface area contributed by atoms with E-state index in [4.69, 9.17) is 13.9 Å². The number of benzene rings is 4. The molecule has 232 valence electrons. The molecule has 1 N–H and O–H groups in total. The van der Waals surface area contributed by atoms with E-state index in [1.54, 1.807) is 30.3 Å². The number of ether oxygens (including phenoxy) is 2. The first-order valence-corrected chi connectivity index (χ1v) is 18.0. The number of hydrogen-bond acceptors (Lipinski definition) is 8. The molecule has 45 heavy (non-hydrogen) atoms. The molecular weight excluding hydrogens is 1030 g/mol. The van der Waals surface area contributed by atoms with Crippen molar-refractivity contribution in [2.45, 2.75) is 12.8 Å². The smallest absolute Gasteiger partial charge is 0.338 e. The van der Waals surface area contributed by atoms with Crippen molar-refractivity contribution in [2.24, 2.45) is 0 Å². The van der Waals surface area contributed by atoms with E-state index in [-0.39, 0.29) is 24.4 Å². The number of phenols is 1. The highest BCUT2D eigenvalue weighted by molar-refractivity contribution is 14.1. The first-order chi connectivity index (χ1) is 21.5. The normalized spacial score (nSPS) is 11.2. The van der Waals surface area contributed by atoms with Crippen LogP contribution in [0.15, 0.2) is 69.9 Å². The Hall–Kier alpha value is -2.19. The molecule has 2 aliphatic rings. The highest BCUT2D eigenvalue weighted by Crippen LogP contribution is 2.46. The van der Waals surface area contributed by atoms with Crippen molar-refractivity contribution in [3.8, 4) is 28.2 Å². The van der Waals surface area contributed by atoms with Crippen LogP contribution < -0.4 is 10.3 Å². The molecule has 0 unspecified atom stereocenters. The van der Waals surface area contributed by atoms with E-state index in [9.17, 15) is 19.5 Å².